The van der Waals surface area contributed by atoms with Gasteiger partial charge >= 0.3 is 6.18 Å². The minimum atomic E-state index is -4.40. The molecule has 0 N–H and O–H groups in total. The fourth-order valence-corrected chi connectivity index (χ4v) is 1.95. The highest BCUT2D eigenvalue weighted by Gasteiger charge is 2.31. The third-order valence-corrected chi connectivity index (χ3v) is 2.89. The first-order valence-corrected chi connectivity index (χ1v) is 5.89. The van der Waals surface area contributed by atoms with E-state index < -0.39 is 11.7 Å². The normalized spacial score (nSPS) is 11.5. The highest BCUT2D eigenvalue weighted by molar-refractivity contribution is 5.70. The molecule has 0 fully saturated rings. The van der Waals surface area contributed by atoms with Crippen LogP contribution in [-0.4, -0.2) is 17.3 Å². The summed E-state index contributed by atoms with van der Waals surface area (Å²) in [5, 5.41) is 7.97. The van der Waals surface area contributed by atoms with Gasteiger partial charge in [0.25, 0.3) is 0 Å². The van der Waals surface area contributed by atoms with Crippen molar-refractivity contribution in [1.82, 2.24) is 10.2 Å². The molecule has 0 spiro atoms. The van der Waals surface area contributed by atoms with Crippen LogP contribution in [-0.2, 0) is 6.18 Å². The average molecular weight is 282 g/mol. The lowest BCUT2D eigenvalue weighted by molar-refractivity contribution is -0.137. The quantitative estimate of drug-likeness (QED) is 0.840. The Balaban J connectivity index is 2.57. The number of alkyl halides is 3. The van der Waals surface area contributed by atoms with Crippen LogP contribution in [0.3, 0.4) is 0 Å². The molecule has 0 aliphatic rings. The molecule has 0 bridgehead atoms. The first-order chi connectivity index (χ1) is 9.32. The number of rotatable bonds is 2. The van der Waals surface area contributed by atoms with Crippen molar-refractivity contribution in [2.45, 2.75) is 20.0 Å². The van der Waals surface area contributed by atoms with E-state index in [9.17, 15) is 13.2 Å². The van der Waals surface area contributed by atoms with E-state index >= 15 is 0 Å². The number of methoxy groups -OCH3 is 1. The van der Waals surface area contributed by atoms with Crippen molar-refractivity contribution in [2.75, 3.05) is 7.11 Å². The maximum absolute atomic E-state index is 12.7. The van der Waals surface area contributed by atoms with E-state index in [0.717, 1.165) is 23.4 Å². The van der Waals surface area contributed by atoms with Crippen LogP contribution in [0.15, 0.2) is 24.3 Å². The molecule has 0 saturated heterocycles. The van der Waals surface area contributed by atoms with Crippen LogP contribution in [0.25, 0.3) is 11.3 Å². The number of aromatic nitrogens is 2. The van der Waals surface area contributed by atoms with E-state index in [-0.39, 0.29) is 5.75 Å². The molecular weight excluding hydrogens is 269 g/mol. The minimum absolute atomic E-state index is 0.126. The second-order valence-electron chi connectivity index (χ2n) is 4.43. The molecule has 1 aromatic carbocycles. The van der Waals surface area contributed by atoms with Crippen LogP contribution >= 0.6 is 0 Å². The van der Waals surface area contributed by atoms with Gasteiger partial charge in [-0.15, -0.1) is 5.10 Å². The van der Waals surface area contributed by atoms with Gasteiger partial charge in [-0.25, -0.2) is 0 Å². The number of hydrogen-bond donors (Lipinski definition) is 0. The monoisotopic (exact) mass is 282 g/mol. The Morgan fingerprint density at radius 3 is 2.30 bits per heavy atom. The highest BCUT2D eigenvalue weighted by atomic mass is 19.4. The number of nitrogens with zero attached hydrogens (tertiary/aromatic N) is 2. The molecule has 0 aliphatic heterocycles. The SMILES string of the molecule is COc1cc(C(F)(F)F)ccc1-c1nnc(C)cc1C. The number of benzene rings is 1. The summed E-state index contributed by atoms with van der Waals surface area (Å²) >= 11 is 0. The van der Waals surface area contributed by atoms with E-state index in [0.29, 0.717) is 11.3 Å². The van der Waals surface area contributed by atoms with Crippen LogP contribution in [0.2, 0.25) is 0 Å². The topological polar surface area (TPSA) is 35.0 Å². The molecule has 1 aromatic heterocycles. The van der Waals surface area contributed by atoms with Crippen molar-refractivity contribution in [3.05, 3.63) is 41.1 Å². The van der Waals surface area contributed by atoms with E-state index in [1.54, 1.807) is 6.92 Å². The maximum Gasteiger partial charge on any atom is 0.416 e. The lowest BCUT2D eigenvalue weighted by Crippen LogP contribution is -2.06. The van der Waals surface area contributed by atoms with Gasteiger partial charge in [0, 0.05) is 5.56 Å². The van der Waals surface area contributed by atoms with Crippen molar-refractivity contribution in [1.29, 1.82) is 0 Å². The van der Waals surface area contributed by atoms with Gasteiger partial charge in [-0.05, 0) is 43.7 Å². The molecule has 0 atom stereocenters. The molecule has 0 unspecified atom stereocenters. The zero-order chi connectivity index (χ0) is 14.9. The molecular formula is C14H13F3N2O. The summed E-state index contributed by atoms with van der Waals surface area (Å²) < 4.78 is 43.1. The van der Waals surface area contributed by atoms with Gasteiger partial charge in [0.2, 0.25) is 0 Å². The summed E-state index contributed by atoms with van der Waals surface area (Å²) in [7, 11) is 1.33. The summed E-state index contributed by atoms with van der Waals surface area (Å²) in [6, 6.07) is 5.16. The Morgan fingerprint density at radius 1 is 1.05 bits per heavy atom. The predicted molar refractivity (Wildman–Crippen MR) is 68.5 cm³/mol. The largest absolute Gasteiger partial charge is 0.496 e. The maximum atomic E-state index is 12.7. The second kappa shape index (κ2) is 5.11. The van der Waals surface area contributed by atoms with Gasteiger partial charge in [-0.1, -0.05) is 0 Å². The van der Waals surface area contributed by atoms with Crippen molar-refractivity contribution >= 4 is 0 Å². The zero-order valence-electron chi connectivity index (χ0n) is 11.2. The molecule has 3 nitrogen and oxygen atoms in total. The van der Waals surface area contributed by atoms with Crippen molar-refractivity contribution in [2.24, 2.45) is 0 Å². The third kappa shape index (κ3) is 2.74. The number of ether oxygens (including phenoxy) is 1. The molecule has 106 valence electrons. The van der Waals surface area contributed by atoms with Crippen LogP contribution in [0, 0.1) is 13.8 Å². The van der Waals surface area contributed by atoms with Crippen molar-refractivity contribution in [3.8, 4) is 17.0 Å². The van der Waals surface area contributed by atoms with Crippen LogP contribution < -0.4 is 4.74 Å². The van der Waals surface area contributed by atoms with Crippen LogP contribution in [0.4, 0.5) is 13.2 Å². The Morgan fingerprint density at radius 2 is 1.75 bits per heavy atom. The van der Waals surface area contributed by atoms with E-state index in [4.69, 9.17) is 4.74 Å². The third-order valence-electron chi connectivity index (χ3n) is 2.89. The van der Waals surface area contributed by atoms with E-state index in [1.165, 1.54) is 13.2 Å². The summed E-state index contributed by atoms with van der Waals surface area (Å²) in [5.41, 5.74) is 1.83. The van der Waals surface area contributed by atoms with Gasteiger partial charge < -0.3 is 4.74 Å². The number of halogens is 3. The summed E-state index contributed by atoms with van der Waals surface area (Å²) in [6.07, 6.45) is -4.40. The lowest BCUT2D eigenvalue weighted by atomic mass is 10.0. The standard InChI is InChI=1S/C14H13F3N2O/c1-8-6-9(2)18-19-13(8)11-5-4-10(14(15,16)17)7-12(11)20-3/h4-7H,1-3H3. The fourth-order valence-electron chi connectivity index (χ4n) is 1.95. The van der Waals surface area contributed by atoms with Gasteiger partial charge in [0.1, 0.15) is 5.75 Å². The molecule has 0 amide bonds. The molecule has 0 aliphatic carbocycles. The molecule has 0 radical (unpaired) electrons. The molecule has 0 saturated carbocycles. The van der Waals surface area contributed by atoms with Gasteiger partial charge in [-0.2, -0.15) is 18.3 Å². The highest BCUT2D eigenvalue weighted by Crippen LogP contribution is 2.37. The first-order valence-electron chi connectivity index (χ1n) is 5.89. The lowest BCUT2D eigenvalue weighted by Gasteiger charge is -2.13. The van der Waals surface area contributed by atoms with Crippen molar-refractivity contribution < 1.29 is 17.9 Å². The summed E-state index contributed by atoms with van der Waals surface area (Å²) in [4.78, 5) is 0. The predicted octanol–water partition coefficient (Wildman–Crippen LogP) is 3.79. The summed E-state index contributed by atoms with van der Waals surface area (Å²) in [5.74, 6) is 0.126. The molecule has 20 heavy (non-hydrogen) atoms. The first kappa shape index (κ1) is 14.3. The molecule has 2 aromatic rings. The molecule has 2 rings (SSSR count). The van der Waals surface area contributed by atoms with E-state index in [2.05, 4.69) is 10.2 Å². The smallest absolute Gasteiger partial charge is 0.416 e. The Kier molecular flexibility index (Phi) is 3.65. The van der Waals surface area contributed by atoms with Crippen LogP contribution in [0.5, 0.6) is 5.75 Å². The minimum Gasteiger partial charge on any atom is -0.496 e. The Labute approximate surface area is 114 Å². The van der Waals surface area contributed by atoms with Crippen LogP contribution in [0.1, 0.15) is 16.8 Å². The summed E-state index contributed by atoms with van der Waals surface area (Å²) in [6.45, 7) is 3.63. The Bertz CT molecular complexity index is 639. The van der Waals surface area contributed by atoms with Gasteiger partial charge in [0.15, 0.2) is 0 Å². The van der Waals surface area contributed by atoms with Gasteiger partial charge in [-0.3, -0.25) is 0 Å². The molecule has 1 heterocycles. The number of aryl methyl sites for hydroxylation is 2. The average Bonchev–Trinajstić information content (AvgIpc) is 2.37. The fraction of sp³-hybridized carbons (Fsp3) is 0.286. The van der Waals surface area contributed by atoms with E-state index in [1.807, 2.05) is 13.0 Å². The second-order valence-corrected chi connectivity index (χ2v) is 4.43. The van der Waals surface area contributed by atoms with Gasteiger partial charge in [0.05, 0.1) is 24.1 Å². The zero-order valence-corrected chi connectivity index (χ0v) is 11.2. The molecule has 6 heteroatoms. The Hall–Kier alpha value is -2.11. The van der Waals surface area contributed by atoms with Crippen molar-refractivity contribution in [3.63, 3.8) is 0 Å². The number of hydrogen-bond acceptors (Lipinski definition) is 3.